The summed E-state index contributed by atoms with van der Waals surface area (Å²) < 4.78 is 26.3. The summed E-state index contributed by atoms with van der Waals surface area (Å²) in [6.45, 7) is 6.14. The predicted octanol–water partition coefficient (Wildman–Crippen LogP) is 3.43. The Morgan fingerprint density at radius 2 is 1.73 bits per heavy atom. The average Bonchev–Trinajstić information content (AvgIpc) is 2.62. The van der Waals surface area contributed by atoms with Gasteiger partial charge < -0.3 is 5.32 Å². The van der Waals surface area contributed by atoms with Crippen LogP contribution >= 0.6 is 0 Å². The van der Waals surface area contributed by atoms with E-state index >= 15 is 0 Å². The number of hydrogen-bond donors (Lipinski definition) is 2. The summed E-state index contributed by atoms with van der Waals surface area (Å²) in [5.41, 5.74) is 4.00. The molecule has 0 heterocycles. The van der Waals surface area contributed by atoms with Crippen LogP contribution in [0.3, 0.4) is 0 Å². The highest BCUT2D eigenvalue weighted by Crippen LogP contribution is 2.21. The Kier molecular flexibility index (Phi) is 6.94. The maximum atomic E-state index is 12.3. The molecule has 0 saturated heterocycles. The topological polar surface area (TPSA) is 75.3 Å². The number of aryl methyl sites for hydroxylation is 3. The molecule has 2 aromatic rings. The lowest BCUT2D eigenvalue weighted by molar-refractivity contribution is -0.116. The van der Waals surface area contributed by atoms with Gasteiger partial charge in [0.05, 0.1) is 4.90 Å². The lowest BCUT2D eigenvalue weighted by atomic mass is 10.1. The average molecular weight is 375 g/mol. The molecule has 0 atom stereocenters. The summed E-state index contributed by atoms with van der Waals surface area (Å²) in [5, 5.41) is 3.01. The number of amides is 1. The number of para-hydroxylation sites is 1. The Morgan fingerprint density at radius 3 is 2.35 bits per heavy atom. The standard InChI is InChI=1S/C20H26N2O3S/c1-4-17-8-6-7-15(3)20(17)22-19(23)14-11-16-9-12-18(13-10-16)26(24,25)21-5-2/h6-10,12-13,21H,4-5,11,14H2,1-3H3,(H,22,23). The summed E-state index contributed by atoms with van der Waals surface area (Å²) in [6, 6.07) is 12.6. The molecule has 0 aliphatic rings. The number of carbonyl (C=O) groups is 1. The van der Waals surface area contributed by atoms with E-state index in [9.17, 15) is 13.2 Å². The van der Waals surface area contributed by atoms with Gasteiger partial charge in [0.2, 0.25) is 15.9 Å². The van der Waals surface area contributed by atoms with E-state index in [1.165, 1.54) is 0 Å². The quantitative estimate of drug-likeness (QED) is 0.743. The Morgan fingerprint density at radius 1 is 1.04 bits per heavy atom. The van der Waals surface area contributed by atoms with Crippen molar-refractivity contribution < 1.29 is 13.2 Å². The van der Waals surface area contributed by atoms with Crippen molar-refractivity contribution in [1.29, 1.82) is 0 Å². The molecular formula is C20H26N2O3S. The number of anilines is 1. The van der Waals surface area contributed by atoms with Crippen molar-refractivity contribution in [2.24, 2.45) is 0 Å². The maximum absolute atomic E-state index is 12.3. The van der Waals surface area contributed by atoms with Gasteiger partial charge in [-0.3, -0.25) is 4.79 Å². The van der Waals surface area contributed by atoms with E-state index in [1.807, 2.05) is 25.1 Å². The van der Waals surface area contributed by atoms with Gasteiger partial charge in [0, 0.05) is 18.7 Å². The SMILES string of the molecule is CCNS(=O)(=O)c1ccc(CCC(=O)Nc2c(C)cccc2CC)cc1. The molecule has 140 valence electrons. The Labute approximate surface area is 155 Å². The van der Waals surface area contributed by atoms with Crippen LogP contribution < -0.4 is 10.0 Å². The lowest BCUT2D eigenvalue weighted by Crippen LogP contribution is -2.23. The monoisotopic (exact) mass is 374 g/mol. The number of rotatable bonds is 8. The van der Waals surface area contributed by atoms with Crippen LogP contribution in [-0.4, -0.2) is 20.9 Å². The molecule has 2 aromatic carbocycles. The van der Waals surface area contributed by atoms with Gasteiger partial charge >= 0.3 is 0 Å². The third-order valence-electron chi connectivity index (χ3n) is 4.21. The molecule has 26 heavy (non-hydrogen) atoms. The molecule has 0 unspecified atom stereocenters. The molecule has 0 spiro atoms. The minimum absolute atomic E-state index is 0.0432. The molecule has 0 bridgehead atoms. The Bertz CT molecular complexity index is 859. The van der Waals surface area contributed by atoms with Gasteiger partial charge in [0.25, 0.3) is 0 Å². The molecule has 1 amide bonds. The van der Waals surface area contributed by atoms with E-state index in [4.69, 9.17) is 0 Å². The third-order valence-corrected chi connectivity index (χ3v) is 5.77. The first-order chi connectivity index (χ1) is 12.4. The van der Waals surface area contributed by atoms with Crippen LogP contribution in [-0.2, 0) is 27.7 Å². The number of nitrogens with one attached hydrogen (secondary N) is 2. The summed E-state index contributed by atoms with van der Waals surface area (Å²) in [5.74, 6) is -0.0432. The van der Waals surface area contributed by atoms with Crippen molar-refractivity contribution in [2.45, 2.75) is 44.9 Å². The zero-order valence-electron chi connectivity index (χ0n) is 15.5. The predicted molar refractivity (Wildman–Crippen MR) is 105 cm³/mol. The number of hydrogen-bond acceptors (Lipinski definition) is 3. The summed E-state index contributed by atoms with van der Waals surface area (Å²) >= 11 is 0. The van der Waals surface area contributed by atoms with Gasteiger partial charge in [-0.15, -0.1) is 0 Å². The Balaban J connectivity index is 1.98. The second-order valence-corrected chi connectivity index (χ2v) is 7.92. The van der Waals surface area contributed by atoms with E-state index in [1.54, 1.807) is 31.2 Å². The van der Waals surface area contributed by atoms with E-state index in [0.29, 0.717) is 19.4 Å². The molecule has 0 radical (unpaired) electrons. The summed E-state index contributed by atoms with van der Waals surface area (Å²) in [6.07, 6.45) is 1.76. The van der Waals surface area contributed by atoms with Crippen LogP contribution in [0.5, 0.6) is 0 Å². The van der Waals surface area contributed by atoms with E-state index in [2.05, 4.69) is 17.0 Å². The zero-order chi connectivity index (χ0) is 19.2. The molecule has 2 N–H and O–H groups in total. The molecule has 6 heteroatoms. The highest BCUT2D eigenvalue weighted by atomic mass is 32.2. The van der Waals surface area contributed by atoms with Gasteiger partial charge in [-0.25, -0.2) is 13.1 Å². The second-order valence-electron chi connectivity index (χ2n) is 6.16. The lowest BCUT2D eigenvalue weighted by Gasteiger charge is -2.13. The van der Waals surface area contributed by atoms with Gasteiger partial charge in [-0.05, 0) is 48.6 Å². The van der Waals surface area contributed by atoms with Crippen LogP contribution in [0.1, 0.15) is 37.0 Å². The van der Waals surface area contributed by atoms with E-state index < -0.39 is 10.0 Å². The minimum atomic E-state index is -3.44. The number of carbonyl (C=O) groups excluding carboxylic acids is 1. The van der Waals surface area contributed by atoms with Gasteiger partial charge in [-0.2, -0.15) is 0 Å². The van der Waals surface area contributed by atoms with Crippen molar-refractivity contribution in [3.05, 3.63) is 59.2 Å². The van der Waals surface area contributed by atoms with Crippen LogP contribution in [0.2, 0.25) is 0 Å². The Hall–Kier alpha value is -2.18. The first-order valence-electron chi connectivity index (χ1n) is 8.84. The highest BCUT2D eigenvalue weighted by Gasteiger charge is 2.12. The van der Waals surface area contributed by atoms with Gasteiger partial charge in [-0.1, -0.05) is 44.2 Å². The van der Waals surface area contributed by atoms with Crippen LogP contribution in [0, 0.1) is 6.92 Å². The molecule has 0 saturated carbocycles. The number of sulfonamides is 1. The minimum Gasteiger partial charge on any atom is -0.326 e. The molecule has 0 aliphatic carbocycles. The fourth-order valence-electron chi connectivity index (χ4n) is 2.77. The molecular weight excluding hydrogens is 348 g/mol. The van der Waals surface area contributed by atoms with E-state index in [0.717, 1.165) is 28.8 Å². The van der Waals surface area contributed by atoms with E-state index in [-0.39, 0.29) is 10.8 Å². The zero-order valence-corrected chi connectivity index (χ0v) is 16.3. The van der Waals surface area contributed by atoms with Crippen LogP contribution in [0.4, 0.5) is 5.69 Å². The first-order valence-corrected chi connectivity index (χ1v) is 10.3. The van der Waals surface area contributed by atoms with Crippen LogP contribution in [0.15, 0.2) is 47.4 Å². The maximum Gasteiger partial charge on any atom is 0.240 e. The molecule has 0 fully saturated rings. The third kappa shape index (κ3) is 5.16. The summed E-state index contributed by atoms with van der Waals surface area (Å²) in [7, 11) is -3.44. The van der Waals surface area contributed by atoms with Crippen LogP contribution in [0.25, 0.3) is 0 Å². The van der Waals surface area contributed by atoms with Gasteiger partial charge in [0.15, 0.2) is 0 Å². The van der Waals surface area contributed by atoms with Crippen molar-refractivity contribution in [3.63, 3.8) is 0 Å². The van der Waals surface area contributed by atoms with Crippen molar-refractivity contribution in [1.82, 2.24) is 4.72 Å². The first kappa shape index (κ1) is 20.1. The highest BCUT2D eigenvalue weighted by molar-refractivity contribution is 7.89. The van der Waals surface area contributed by atoms with Crippen molar-refractivity contribution in [2.75, 3.05) is 11.9 Å². The smallest absolute Gasteiger partial charge is 0.240 e. The largest absolute Gasteiger partial charge is 0.326 e. The second kappa shape index (κ2) is 8.96. The fourth-order valence-corrected chi connectivity index (χ4v) is 3.81. The normalized spacial score (nSPS) is 11.3. The molecule has 0 aromatic heterocycles. The molecule has 0 aliphatic heterocycles. The van der Waals surface area contributed by atoms with Crippen molar-refractivity contribution in [3.8, 4) is 0 Å². The molecule has 5 nitrogen and oxygen atoms in total. The van der Waals surface area contributed by atoms with Crippen molar-refractivity contribution >= 4 is 21.6 Å². The fraction of sp³-hybridized carbons (Fsp3) is 0.350. The van der Waals surface area contributed by atoms with Gasteiger partial charge in [0.1, 0.15) is 0 Å². The number of benzene rings is 2. The molecule has 2 rings (SSSR count). The summed E-state index contributed by atoms with van der Waals surface area (Å²) in [4.78, 5) is 12.5.